The summed E-state index contributed by atoms with van der Waals surface area (Å²) in [7, 11) is -2.47. The second-order valence-corrected chi connectivity index (χ2v) is 5.19. The van der Waals surface area contributed by atoms with Gasteiger partial charge in [-0.15, -0.1) is 6.58 Å². The Balaban J connectivity index is 3.21. The van der Waals surface area contributed by atoms with Gasteiger partial charge in [-0.1, -0.05) is 23.8 Å². The SMILES string of the molecule is C=CC/C(=C(/F)S(=O)c1ccc(C)cc1)C(F)(F)F. The van der Waals surface area contributed by atoms with Gasteiger partial charge in [0.25, 0.3) is 0 Å². The van der Waals surface area contributed by atoms with Crippen LogP contribution in [0.4, 0.5) is 17.6 Å². The van der Waals surface area contributed by atoms with Crippen LogP contribution >= 0.6 is 0 Å². The monoisotopic (exact) mass is 292 g/mol. The van der Waals surface area contributed by atoms with Gasteiger partial charge in [0.2, 0.25) is 0 Å². The molecule has 6 heteroatoms. The summed E-state index contributed by atoms with van der Waals surface area (Å²) < 4.78 is 63.4. The van der Waals surface area contributed by atoms with Crippen LogP contribution in [-0.4, -0.2) is 10.4 Å². The number of hydrogen-bond donors (Lipinski definition) is 0. The molecule has 1 aromatic rings. The molecule has 19 heavy (non-hydrogen) atoms. The van der Waals surface area contributed by atoms with Crippen molar-refractivity contribution in [2.45, 2.75) is 24.4 Å². The number of aryl methyl sites for hydroxylation is 1. The summed E-state index contributed by atoms with van der Waals surface area (Å²) in [6, 6.07) is 5.79. The number of hydrogen-bond acceptors (Lipinski definition) is 1. The average molecular weight is 292 g/mol. The highest BCUT2D eigenvalue weighted by atomic mass is 32.2. The molecule has 0 fully saturated rings. The lowest BCUT2D eigenvalue weighted by atomic mass is 10.2. The van der Waals surface area contributed by atoms with Crippen LogP contribution in [-0.2, 0) is 10.8 Å². The Morgan fingerprint density at radius 3 is 2.26 bits per heavy atom. The fourth-order valence-corrected chi connectivity index (χ4v) is 2.34. The number of allylic oxidation sites excluding steroid dienone is 2. The second kappa shape index (κ2) is 6.14. The third-order valence-corrected chi connectivity index (χ3v) is 3.60. The molecule has 0 aromatic heterocycles. The summed E-state index contributed by atoms with van der Waals surface area (Å²) in [6.07, 6.45) is -4.65. The molecular formula is C13H12F4OS. The van der Waals surface area contributed by atoms with E-state index in [0.29, 0.717) is 0 Å². The highest BCUT2D eigenvalue weighted by Crippen LogP contribution is 2.34. The lowest BCUT2D eigenvalue weighted by Gasteiger charge is -2.11. The molecule has 1 rings (SSSR count). The minimum Gasteiger partial charge on any atom is -0.247 e. The van der Waals surface area contributed by atoms with E-state index in [1.807, 2.05) is 0 Å². The van der Waals surface area contributed by atoms with E-state index in [1.54, 1.807) is 19.1 Å². The van der Waals surface area contributed by atoms with Crippen molar-refractivity contribution < 1.29 is 21.8 Å². The van der Waals surface area contributed by atoms with Crippen molar-refractivity contribution in [2.24, 2.45) is 0 Å². The summed E-state index contributed by atoms with van der Waals surface area (Å²) in [5.74, 6) is 0. The molecule has 1 unspecified atom stereocenters. The molecule has 0 saturated carbocycles. The maximum Gasteiger partial charge on any atom is 0.416 e. The lowest BCUT2D eigenvalue weighted by molar-refractivity contribution is -0.0942. The zero-order valence-corrected chi connectivity index (χ0v) is 10.9. The van der Waals surface area contributed by atoms with Gasteiger partial charge in [-0.2, -0.15) is 17.6 Å². The minimum atomic E-state index is -4.86. The summed E-state index contributed by atoms with van der Waals surface area (Å²) in [4.78, 5) is -0.00564. The van der Waals surface area contributed by atoms with Crippen molar-refractivity contribution in [2.75, 3.05) is 0 Å². The summed E-state index contributed by atoms with van der Waals surface area (Å²) in [5.41, 5.74) is -0.617. The van der Waals surface area contributed by atoms with Crippen LogP contribution in [0.25, 0.3) is 0 Å². The number of halogens is 4. The van der Waals surface area contributed by atoms with Crippen LogP contribution in [0.3, 0.4) is 0 Å². The van der Waals surface area contributed by atoms with Crippen LogP contribution in [0.5, 0.6) is 0 Å². The minimum absolute atomic E-state index is 0.00564. The standard InChI is InChI=1S/C13H12F4OS/c1-3-4-11(13(15,16)17)12(14)19(18)10-7-5-9(2)6-8-10/h3,5-8H,1,4H2,2H3/b12-11+. The molecule has 0 saturated heterocycles. The van der Waals surface area contributed by atoms with Crippen molar-refractivity contribution in [1.29, 1.82) is 0 Å². The molecule has 0 bridgehead atoms. The number of rotatable bonds is 4. The van der Waals surface area contributed by atoms with Crippen molar-refractivity contribution in [1.82, 2.24) is 0 Å². The van der Waals surface area contributed by atoms with Crippen LogP contribution < -0.4 is 0 Å². The quantitative estimate of drug-likeness (QED) is 0.593. The smallest absolute Gasteiger partial charge is 0.247 e. The average Bonchev–Trinajstić information content (AvgIpc) is 2.34. The van der Waals surface area contributed by atoms with Crippen molar-refractivity contribution in [3.05, 3.63) is 53.2 Å². The first kappa shape index (κ1) is 15.6. The van der Waals surface area contributed by atoms with Gasteiger partial charge in [-0.3, -0.25) is 0 Å². The van der Waals surface area contributed by atoms with Crippen molar-refractivity contribution >= 4 is 10.8 Å². The summed E-state index contributed by atoms with van der Waals surface area (Å²) in [6.45, 7) is 4.90. The van der Waals surface area contributed by atoms with Gasteiger partial charge in [-0.25, -0.2) is 4.21 Å². The van der Waals surface area contributed by atoms with E-state index in [2.05, 4.69) is 6.58 Å². The van der Waals surface area contributed by atoms with Gasteiger partial charge >= 0.3 is 6.18 Å². The van der Waals surface area contributed by atoms with E-state index < -0.39 is 34.1 Å². The molecule has 0 N–H and O–H groups in total. The second-order valence-electron chi connectivity index (χ2n) is 3.82. The molecule has 0 amide bonds. The molecule has 0 aliphatic carbocycles. The molecule has 1 nitrogen and oxygen atoms in total. The predicted molar refractivity (Wildman–Crippen MR) is 66.6 cm³/mol. The molecular weight excluding hydrogens is 280 g/mol. The predicted octanol–water partition coefficient (Wildman–Crippen LogP) is 4.42. The van der Waals surface area contributed by atoms with Crippen molar-refractivity contribution in [3.63, 3.8) is 0 Å². The molecule has 0 aliphatic heterocycles. The first-order valence-corrected chi connectivity index (χ1v) is 6.47. The molecule has 0 radical (unpaired) electrons. The maximum atomic E-state index is 13.7. The van der Waals surface area contributed by atoms with Gasteiger partial charge in [0.05, 0.1) is 5.57 Å². The fraction of sp³-hybridized carbons (Fsp3) is 0.231. The Morgan fingerprint density at radius 2 is 1.84 bits per heavy atom. The zero-order valence-electron chi connectivity index (χ0n) is 10.1. The lowest BCUT2D eigenvalue weighted by Crippen LogP contribution is -2.14. The van der Waals surface area contributed by atoms with E-state index in [1.165, 1.54) is 12.1 Å². The molecule has 1 aromatic carbocycles. The highest BCUT2D eigenvalue weighted by Gasteiger charge is 2.37. The first-order chi connectivity index (χ1) is 8.77. The van der Waals surface area contributed by atoms with E-state index in [0.717, 1.165) is 11.6 Å². The molecule has 0 aliphatic rings. The van der Waals surface area contributed by atoms with E-state index in [9.17, 15) is 21.8 Å². The van der Waals surface area contributed by atoms with Crippen LogP contribution in [0.1, 0.15) is 12.0 Å². The van der Waals surface area contributed by atoms with E-state index in [4.69, 9.17) is 0 Å². The maximum absolute atomic E-state index is 13.7. The largest absolute Gasteiger partial charge is 0.416 e. The number of benzene rings is 1. The highest BCUT2D eigenvalue weighted by molar-refractivity contribution is 7.88. The fourth-order valence-electron chi connectivity index (χ4n) is 1.33. The van der Waals surface area contributed by atoms with E-state index in [-0.39, 0.29) is 4.90 Å². The van der Waals surface area contributed by atoms with Crippen LogP contribution in [0, 0.1) is 6.92 Å². The Bertz CT molecular complexity index is 514. The van der Waals surface area contributed by atoms with Gasteiger partial charge < -0.3 is 0 Å². The third-order valence-electron chi connectivity index (χ3n) is 2.33. The molecule has 0 heterocycles. The Morgan fingerprint density at radius 1 is 1.32 bits per heavy atom. The normalized spacial score (nSPS) is 14.8. The van der Waals surface area contributed by atoms with Gasteiger partial charge in [0, 0.05) is 4.90 Å². The van der Waals surface area contributed by atoms with Gasteiger partial charge in [0.1, 0.15) is 10.8 Å². The Hall–Kier alpha value is -1.43. The molecule has 104 valence electrons. The first-order valence-electron chi connectivity index (χ1n) is 5.32. The van der Waals surface area contributed by atoms with Crippen LogP contribution in [0.15, 0.2) is 52.5 Å². The Labute approximate surface area is 111 Å². The van der Waals surface area contributed by atoms with Gasteiger partial charge in [0.15, 0.2) is 5.16 Å². The zero-order chi connectivity index (χ0) is 14.6. The third kappa shape index (κ3) is 4.02. The number of alkyl halides is 3. The Kier molecular flexibility index (Phi) is 5.05. The topological polar surface area (TPSA) is 17.1 Å². The van der Waals surface area contributed by atoms with Gasteiger partial charge in [-0.05, 0) is 25.5 Å². The molecule has 0 spiro atoms. The van der Waals surface area contributed by atoms with E-state index >= 15 is 0 Å². The summed E-state index contributed by atoms with van der Waals surface area (Å²) in [5, 5.41) is -1.67. The molecule has 1 atom stereocenters. The van der Waals surface area contributed by atoms with Crippen LogP contribution in [0.2, 0.25) is 0 Å². The van der Waals surface area contributed by atoms with Crippen molar-refractivity contribution in [3.8, 4) is 0 Å². The summed E-state index contributed by atoms with van der Waals surface area (Å²) >= 11 is 0.